The summed E-state index contributed by atoms with van der Waals surface area (Å²) in [5.41, 5.74) is 6.13. The fraction of sp³-hybridized carbons (Fsp3) is 0.200. The molecule has 2 aromatic heterocycles. The Labute approximate surface area is 151 Å². The Morgan fingerprint density at radius 1 is 1.15 bits per heavy atom. The molecule has 0 spiro atoms. The SMILES string of the molecule is COc1ccc(-c2ccccc2)c2nc(NCc3cn(C)nc3C)[nH]c12. The Morgan fingerprint density at radius 2 is 1.96 bits per heavy atom. The highest BCUT2D eigenvalue weighted by Gasteiger charge is 2.14. The van der Waals surface area contributed by atoms with Crippen LogP contribution in [0.4, 0.5) is 5.95 Å². The summed E-state index contributed by atoms with van der Waals surface area (Å²) in [5.74, 6) is 1.49. The summed E-state index contributed by atoms with van der Waals surface area (Å²) in [4.78, 5) is 8.12. The van der Waals surface area contributed by atoms with Crippen molar-refractivity contribution in [3.05, 3.63) is 59.9 Å². The third-order valence-corrected chi connectivity index (χ3v) is 4.47. The van der Waals surface area contributed by atoms with Crippen LogP contribution < -0.4 is 10.1 Å². The van der Waals surface area contributed by atoms with E-state index in [-0.39, 0.29) is 0 Å². The summed E-state index contributed by atoms with van der Waals surface area (Å²) < 4.78 is 7.33. The number of nitrogens with one attached hydrogen (secondary N) is 2. The molecule has 0 saturated carbocycles. The van der Waals surface area contributed by atoms with Crippen LogP contribution in [0.25, 0.3) is 22.2 Å². The smallest absolute Gasteiger partial charge is 0.201 e. The first-order valence-corrected chi connectivity index (χ1v) is 8.51. The van der Waals surface area contributed by atoms with E-state index in [0.29, 0.717) is 12.5 Å². The lowest BCUT2D eigenvalue weighted by molar-refractivity contribution is 0.419. The van der Waals surface area contributed by atoms with Crippen LogP contribution in [0.1, 0.15) is 11.3 Å². The van der Waals surface area contributed by atoms with E-state index in [0.717, 1.165) is 39.2 Å². The molecule has 0 aliphatic heterocycles. The second-order valence-electron chi connectivity index (χ2n) is 6.26. The van der Waals surface area contributed by atoms with Crippen molar-refractivity contribution in [2.75, 3.05) is 12.4 Å². The number of ether oxygens (including phenoxy) is 1. The predicted molar refractivity (Wildman–Crippen MR) is 103 cm³/mol. The van der Waals surface area contributed by atoms with Crippen molar-refractivity contribution in [2.24, 2.45) is 7.05 Å². The summed E-state index contributed by atoms with van der Waals surface area (Å²) in [7, 11) is 3.60. The van der Waals surface area contributed by atoms with Crippen LogP contribution >= 0.6 is 0 Å². The average molecular weight is 347 g/mol. The van der Waals surface area contributed by atoms with Gasteiger partial charge in [-0.05, 0) is 24.6 Å². The molecule has 0 radical (unpaired) electrons. The minimum atomic E-state index is 0.655. The summed E-state index contributed by atoms with van der Waals surface area (Å²) in [6.45, 7) is 2.66. The number of imidazole rings is 1. The molecule has 4 rings (SSSR count). The maximum Gasteiger partial charge on any atom is 0.201 e. The Kier molecular flexibility index (Phi) is 4.08. The summed E-state index contributed by atoms with van der Waals surface area (Å²) in [5, 5.41) is 7.73. The lowest BCUT2D eigenvalue weighted by atomic mass is 10.0. The average Bonchev–Trinajstić information content (AvgIpc) is 3.22. The van der Waals surface area contributed by atoms with Crippen molar-refractivity contribution in [1.82, 2.24) is 19.7 Å². The van der Waals surface area contributed by atoms with E-state index in [9.17, 15) is 0 Å². The van der Waals surface area contributed by atoms with Crippen molar-refractivity contribution in [3.8, 4) is 16.9 Å². The molecule has 0 unspecified atom stereocenters. The number of fused-ring (bicyclic) bond motifs is 1. The molecule has 0 bridgehead atoms. The van der Waals surface area contributed by atoms with E-state index in [2.05, 4.69) is 27.5 Å². The summed E-state index contributed by atoms with van der Waals surface area (Å²) in [6, 6.07) is 14.3. The molecule has 26 heavy (non-hydrogen) atoms. The monoisotopic (exact) mass is 347 g/mol. The van der Waals surface area contributed by atoms with Crippen molar-refractivity contribution in [3.63, 3.8) is 0 Å². The standard InChI is InChI=1S/C20H21N5O/c1-13-15(12-25(2)24-13)11-21-20-22-18-16(14-7-5-4-6-8-14)9-10-17(26-3)19(18)23-20/h4-10,12H,11H2,1-3H3,(H2,21,22,23). The molecule has 6 heteroatoms. The van der Waals surface area contributed by atoms with Gasteiger partial charge in [0.25, 0.3) is 0 Å². The van der Waals surface area contributed by atoms with Gasteiger partial charge in [0.2, 0.25) is 5.95 Å². The van der Waals surface area contributed by atoms with Gasteiger partial charge in [-0.1, -0.05) is 30.3 Å². The van der Waals surface area contributed by atoms with Crippen LogP contribution in [0.3, 0.4) is 0 Å². The van der Waals surface area contributed by atoms with Crippen molar-refractivity contribution < 1.29 is 4.74 Å². The zero-order valence-electron chi connectivity index (χ0n) is 15.1. The normalized spacial score (nSPS) is 11.0. The number of benzene rings is 2. The molecule has 6 nitrogen and oxygen atoms in total. The number of nitrogens with zero attached hydrogens (tertiary/aromatic N) is 3. The molecule has 0 atom stereocenters. The minimum Gasteiger partial charge on any atom is -0.494 e. The van der Waals surface area contributed by atoms with E-state index < -0.39 is 0 Å². The first kappa shape index (κ1) is 16.2. The molecule has 0 amide bonds. The Hall–Kier alpha value is -3.28. The van der Waals surface area contributed by atoms with Crippen molar-refractivity contribution >= 4 is 17.0 Å². The molecular formula is C20H21N5O. The molecule has 2 heterocycles. The van der Waals surface area contributed by atoms with Gasteiger partial charge in [0.15, 0.2) is 0 Å². The highest BCUT2D eigenvalue weighted by Crippen LogP contribution is 2.33. The second-order valence-corrected chi connectivity index (χ2v) is 6.26. The van der Waals surface area contributed by atoms with E-state index in [1.165, 1.54) is 0 Å². The number of hydrogen-bond acceptors (Lipinski definition) is 4. The number of aromatic nitrogens is 4. The van der Waals surface area contributed by atoms with Gasteiger partial charge in [0.05, 0.1) is 12.8 Å². The summed E-state index contributed by atoms with van der Waals surface area (Å²) >= 11 is 0. The highest BCUT2D eigenvalue weighted by molar-refractivity contribution is 5.96. The van der Waals surface area contributed by atoms with Gasteiger partial charge in [-0.15, -0.1) is 0 Å². The number of methoxy groups -OCH3 is 1. The van der Waals surface area contributed by atoms with Gasteiger partial charge in [-0.3, -0.25) is 4.68 Å². The topological polar surface area (TPSA) is 67.8 Å². The van der Waals surface area contributed by atoms with Crippen LogP contribution in [-0.2, 0) is 13.6 Å². The number of hydrogen-bond donors (Lipinski definition) is 2. The van der Waals surface area contributed by atoms with E-state index in [4.69, 9.17) is 9.72 Å². The van der Waals surface area contributed by atoms with E-state index in [1.54, 1.807) is 7.11 Å². The first-order valence-electron chi connectivity index (χ1n) is 8.51. The van der Waals surface area contributed by atoms with Gasteiger partial charge >= 0.3 is 0 Å². The van der Waals surface area contributed by atoms with Gasteiger partial charge in [-0.2, -0.15) is 5.10 Å². The molecule has 0 aliphatic carbocycles. The molecule has 0 aliphatic rings. The second kappa shape index (κ2) is 6.55. The fourth-order valence-electron chi connectivity index (χ4n) is 3.17. The van der Waals surface area contributed by atoms with E-state index >= 15 is 0 Å². The predicted octanol–water partition coefficient (Wildman–Crippen LogP) is 3.89. The zero-order valence-corrected chi connectivity index (χ0v) is 15.1. The van der Waals surface area contributed by atoms with Gasteiger partial charge in [0, 0.05) is 30.9 Å². The molecule has 0 saturated heterocycles. The molecule has 4 aromatic rings. The quantitative estimate of drug-likeness (QED) is 0.575. The van der Waals surface area contributed by atoms with Crippen LogP contribution in [0.5, 0.6) is 5.75 Å². The molecule has 132 valence electrons. The maximum atomic E-state index is 5.50. The van der Waals surface area contributed by atoms with Crippen LogP contribution in [0, 0.1) is 6.92 Å². The fourth-order valence-corrected chi connectivity index (χ4v) is 3.17. The third-order valence-electron chi connectivity index (χ3n) is 4.47. The Bertz CT molecular complexity index is 1050. The van der Waals surface area contributed by atoms with E-state index in [1.807, 2.05) is 55.2 Å². The summed E-state index contributed by atoms with van der Waals surface area (Å²) in [6.07, 6.45) is 2.01. The Morgan fingerprint density at radius 3 is 2.65 bits per heavy atom. The van der Waals surface area contributed by atoms with Gasteiger partial charge < -0.3 is 15.0 Å². The number of anilines is 1. The largest absolute Gasteiger partial charge is 0.494 e. The Balaban J connectivity index is 1.72. The van der Waals surface area contributed by atoms with Gasteiger partial charge in [0.1, 0.15) is 16.8 Å². The van der Waals surface area contributed by atoms with Gasteiger partial charge in [-0.25, -0.2) is 4.98 Å². The number of H-pyrrole nitrogens is 1. The molecule has 2 N–H and O–H groups in total. The van der Waals surface area contributed by atoms with Crippen molar-refractivity contribution in [1.29, 1.82) is 0 Å². The molecule has 0 fully saturated rings. The zero-order chi connectivity index (χ0) is 18.1. The number of rotatable bonds is 5. The lowest BCUT2D eigenvalue weighted by Gasteiger charge is -2.05. The van der Waals surface area contributed by atoms with Crippen LogP contribution in [0.2, 0.25) is 0 Å². The third kappa shape index (κ3) is 2.90. The number of aromatic amines is 1. The maximum absolute atomic E-state index is 5.50. The minimum absolute atomic E-state index is 0.655. The van der Waals surface area contributed by atoms with Crippen LogP contribution in [-0.4, -0.2) is 26.9 Å². The highest BCUT2D eigenvalue weighted by atomic mass is 16.5. The number of aryl methyl sites for hydroxylation is 2. The molecular weight excluding hydrogens is 326 g/mol. The molecule has 2 aromatic carbocycles. The lowest BCUT2D eigenvalue weighted by Crippen LogP contribution is -2.01. The first-order chi connectivity index (χ1) is 12.7. The van der Waals surface area contributed by atoms with Crippen LogP contribution in [0.15, 0.2) is 48.7 Å². The van der Waals surface area contributed by atoms with Crippen molar-refractivity contribution in [2.45, 2.75) is 13.5 Å².